The molecule has 1 fully saturated rings. The molecule has 2 nitrogen and oxygen atoms in total. The number of nitrogens with one attached hydrogen (secondary N) is 1. The number of rotatable bonds is 5. The molecule has 0 spiro atoms. The van der Waals surface area contributed by atoms with Crippen LogP contribution >= 0.6 is 0 Å². The lowest BCUT2D eigenvalue weighted by molar-refractivity contribution is 0.00130. The van der Waals surface area contributed by atoms with Gasteiger partial charge in [-0.2, -0.15) is 0 Å². The van der Waals surface area contributed by atoms with Crippen molar-refractivity contribution in [1.29, 1.82) is 0 Å². The Bertz CT molecular complexity index is 158. The van der Waals surface area contributed by atoms with Gasteiger partial charge in [0.05, 0.1) is 5.60 Å². The minimum Gasteiger partial charge on any atom is -0.377 e. The Labute approximate surface area is 94.8 Å². The first-order chi connectivity index (χ1) is 7.20. The van der Waals surface area contributed by atoms with E-state index in [0.29, 0.717) is 0 Å². The highest BCUT2D eigenvalue weighted by molar-refractivity contribution is 4.79. The van der Waals surface area contributed by atoms with Gasteiger partial charge in [0.15, 0.2) is 0 Å². The fraction of sp³-hybridized carbons (Fsp3) is 1.00. The average molecular weight is 213 g/mol. The maximum atomic E-state index is 5.55. The second-order valence-corrected chi connectivity index (χ2v) is 5.08. The lowest BCUT2D eigenvalue weighted by atomic mass is 10.0. The zero-order valence-corrected chi connectivity index (χ0v) is 10.6. The molecule has 0 aromatic carbocycles. The lowest BCUT2D eigenvalue weighted by Crippen LogP contribution is -2.43. The summed E-state index contributed by atoms with van der Waals surface area (Å²) in [7, 11) is 1.82. The van der Waals surface area contributed by atoms with Crippen LogP contribution in [0.1, 0.15) is 58.8 Å². The highest BCUT2D eigenvalue weighted by Crippen LogP contribution is 2.19. The van der Waals surface area contributed by atoms with Gasteiger partial charge < -0.3 is 10.1 Å². The molecule has 1 rings (SSSR count). The highest BCUT2D eigenvalue weighted by atomic mass is 16.5. The van der Waals surface area contributed by atoms with Gasteiger partial charge in [0, 0.05) is 19.7 Å². The van der Waals surface area contributed by atoms with E-state index in [2.05, 4.69) is 19.2 Å². The van der Waals surface area contributed by atoms with Crippen LogP contribution in [0, 0.1) is 0 Å². The van der Waals surface area contributed by atoms with Crippen LogP contribution in [0.3, 0.4) is 0 Å². The van der Waals surface area contributed by atoms with Gasteiger partial charge in [-0.3, -0.25) is 0 Å². The van der Waals surface area contributed by atoms with Gasteiger partial charge in [0.2, 0.25) is 0 Å². The largest absolute Gasteiger partial charge is 0.377 e. The van der Waals surface area contributed by atoms with E-state index in [9.17, 15) is 0 Å². The van der Waals surface area contributed by atoms with Crippen molar-refractivity contribution >= 4 is 0 Å². The Balaban J connectivity index is 2.27. The van der Waals surface area contributed by atoms with Crippen LogP contribution in [0.4, 0.5) is 0 Å². The van der Waals surface area contributed by atoms with E-state index >= 15 is 0 Å². The zero-order valence-electron chi connectivity index (χ0n) is 10.6. The van der Waals surface area contributed by atoms with Gasteiger partial charge in [0.25, 0.3) is 0 Å². The standard InChI is InChI=1S/C13H27NO/c1-4-13(2,15-3)11-14-12-9-7-5-6-8-10-12/h12,14H,4-11H2,1-3H3. The summed E-state index contributed by atoms with van der Waals surface area (Å²) in [5.41, 5.74) is 0.0201. The predicted molar refractivity (Wildman–Crippen MR) is 65.2 cm³/mol. The van der Waals surface area contributed by atoms with Crippen molar-refractivity contribution in [2.24, 2.45) is 0 Å². The normalized spacial score (nSPS) is 23.4. The van der Waals surface area contributed by atoms with E-state index in [4.69, 9.17) is 4.74 Å². The van der Waals surface area contributed by atoms with E-state index in [1.807, 2.05) is 7.11 Å². The van der Waals surface area contributed by atoms with Gasteiger partial charge in [-0.1, -0.05) is 32.6 Å². The molecule has 1 aliphatic carbocycles. The summed E-state index contributed by atoms with van der Waals surface area (Å²) >= 11 is 0. The molecule has 90 valence electrons. The maximum absolute atomic E-state index is 5.55. The summed E-state index contributed by atoms with van der Waals surface area (Å²) in [6, 6.07) is 0.730. The Morgan fingerprint density at radius 1 is 1.20 bits per heavy atom. The van der Waals surface area contributed by atoms with Gasteiger partial charge in [-0.15, -0.1) is 0 Å². The second-order valence-electron chi connectivity index (χ2n) is 5.08. The molecule has 0 amide bonds. The quantitative estimate of drug-likeness (QED) is 0.709. The Morgan fingerprint density at radius 2 is 1.80 bits per heavy atom. The van der Waals surface area contributed by atoms with Crippen molar-refractivity contribution < 1.29 is 4.74 Å². The van der Waals surface area contributed by atoms with Crippen molar-refractivity contribution in [3.8, 4) is 0 Å². The fourth-order valence-corrected chi connectivity index (χ4v) is 2.19. The molecular weight excluding hydrogens is 186 g/mol. The molecule has 0 heterocycles. The van der Waals surface area contributed by atoms with E-state index in [-0.39, 0.29) is 5.60 Å². The van der Waals surface area contributed by atoms with E-state index in [0.717, 1.165) is 19.0 Å². The Kier molecular flexibility index (Phi) is 5.62. The topological polar surface area (TPSA) is 21.3 Å². The fourth-order valence-electron chi connectivity index (χ4n) is 2.19. The number of hydrogen-bond acceptors (Lipinski definition) is 2. The Hall–Kier alpha value is -0.0800. The van der Waals surface area contributed by atoms with Gasteiger partial charge in [-0.05, 0) is 26.2 Å². The molecule has 1 atom stereocenters. The van der Waals surface area contributed by atoms with Crippen molar-refractivity contribution in [1.82, 2.24) is 5.32 Å². The van der Waals surface area contributed by atoms with Gasteiger partial charge in [-0.25, -0.2) is 0 Å². The van der Waals surface area contributed by atoms with Crippen molar-refractivity contribution in [3.05, 3.63) is 0 Å². The van der Waals surface area contributed by atoms with Crippen LogP contribution in [-0.2, 0) is 4.74 Å². The summed E-state index contributed by atoms with van der Waals surface area (Å²) < 4.78 is 5.55. The third-order valence-electron chi connectivity index (χ3n) is 3.86. The molecular formula is C13H27NO. The van der Waals surface area contributed by atoms with Gasteiger partial charge in [0.1, 0.15) is 0 Å². The molecule has 2 heteroatoms. The molecule has 1 aliphatic rings. The summed E-state index contributed by atoms with van der Waals surface area (Å²) in [6.45, 7) is 5.37. The highest BCUT2D eigenvalue weighted by Gasteiger charge is 2.22. The first-order valence-electron chi connectivity index (χ1n) is 6.49. The summed E-state index contributed by atoms with van der Waals surface area (Å²) in [5, 5.41) is 3.68. The molecule has 0 aromatic rings. The maximum Gasteiger partial charge on any atom is 0.0772 e. The second kappa shape index (κ2) is 6.49. The van der Waals surface area contributed by atoms with Crippen molar-refractivity contribution in [2.45, 2.75) is 70.4 Å². The van der Waals surface area contributed by atoms with Crippen LogP contribution < -0.4 is 5.32 Å². The summed E-state index contributed by atoms with van der Waals surface area (Å²) in [5.74, 6) is 0. The number of methoxy groups -OCH3 is 1. The van der Waals surface area contributed by atoms with E-state index < -0.39 is 0 Å². The predicted octanol–water partition coefficient (Wildman–Crippen LogP) is 3.11. The minimum atomic E-state index is 0.0201. The van der Waals surface area contributed by atoms with E-state index in [1.165, 1.54) is 38.5 Å². The molecule has 1 N–H and O–H groups in total. The third-order valence-corrected chi connectivity index (χ3v) is 3.86. The molecule has 0 bridgehead atoms. The number of hydrogen-bond donors (Lipinski definition) is 1. The van der Waals surface area contributed by atoms with Crippen LogP contribution in [0.2, 0.25) is 0 Å². The smallest absolute Gasteiger partial charge is 0.0772 e. The zero-order chi connectivity index (χ0) is 11.1. The molecule has 15 heavy (non-hydrogen) atoms. The molecule has 0 aliphatic heterocycles. The number of ether oxygens (including phenoxy) is 1. The SMILES string of the molecule is CCC(C)(CNC1CCCCCC1)OC. The van der Waals surface area contributed by atoms with Crippen molar-refractivity contribution in [3.63, 3.8) is 0 Å². The molecule has 0 saturated heterocycles. The van der Waals surface area contributed by atoms with Gasteiger partial charge >= 0.3 is 0 Å². The van der Waals surface area contributed by atoms with Crippen molar-refractivity contribution in [2.75, 3.05) is 13.7 Å². The van der Waals surface area contributed by atoms with Crippen LogP contribution in [-0.4, -0.2) is 25.3 Å². The third kappa shape index (κ3) is 4.52. The molecule has 0 aromatic heterocycles. The Morgan fingerprint density at radius 3 is 2.27 bits per heavy atom. The van der Waals surface area contributed by atoms with E-state index in [1.54, 1.807) is 0 Å². The average Bonchev–Trinajstić information content (AvgIpc) is 2.54. The lowest BCUT2D eigenvalue weighted by Gasteiger charge is -2.29. The monoisotopic (exact) mass is 213 g/mol. The molecule has 1 saturated carbocycles. The van der Waals surface area contributed by atoms with Crippen LogP contribution in [0.5, 0.6) is 0 Å². The summed E-state index contributed by atoms with van der Waals surface area (Å²) in [4.78, 5) is 0. The summed E-state index contributed by atoms with van der Waals surface area (Å²) in [6.07, 6.45) is 9.41. The minimum absolute atomic E-state index is 0.0201. The first kappa shape index (κ1) is 13.0. The molecule has 0 radical (unpaired) electrons. The van der Waals surface area contributed by atoms with Crippen LogP contribution in [0.25, 0.3) is 0 Å². The first-order valence-corrected chi connectivity index (χ1v) is 6.49. The van der Waals surface area contributed by atoms with Crippen LogP contribution in [0.15, 0.2) is 0 Å². The molecule has 1 unspecified atom stereocenters.